The molecule has 1 N–H and O–H groups in total. The standard InChI is InChI=1S/C16H15N3O4S/c1-13(10-14-6-3-2-4-7-14)12-17-18-24(22,23)16-9-5-8-15(11-16)19(20)21/h2-12,18H,1H3/b13-10-,17-12+. The third kappa shape index (κ3) is 4.75. The molecular weight excluding hydrogens is 330 g/mol. The summed E-state index contributed by atoms with van der Waals surface area (Å²) in [6.45, 7) is 1.78. The second-order valence-corrected chi connectivity index (χ2v) is 6.57. The van der Waals surface area contributed by atoms with Gasteiger partial charge in [-0.15, -0.1) is 0 Å². The van der Waals surface area contributed by atoms with Gasteiger partial charge in [0.1, 0.15) is 0 Å². The molecule has 0 fully saturated rings. The van der Waals surface area contributed by atoms with E-state index in [1.807, 2.05) is 41.2 Å². The normalized spacial score (nSPS) is 12.3. The molecule has 0 saturated carbocycles. The summed E-state index contributed by atoms with van der Waals surface area (Å²) in [5.74, 6) is 0. The Morgan fingerprint density at radius 2 is 1.88 bits per heavy atom. The highest BCUT2D eigenvalue weighted by Crippen LogP contribution is 2.17. The molecule has 0 amide bonds. The molecule has 0 unspecified atom stereocenters. The minimum absolute atomic E-state index is 0.224. The van der Waals surface area contributed by atoms with Gasteiger partial charge in [0.15, 0.2) is 0 Å². The van der Waals surface area contributed by atoms with Crippen molar-refractivity contribution in [2.75, 3.05) is 0 Å². The van der Waals surface area contributed by atoms with Gasteiger partial charge in [0.2, 0.25) is 0 Å². The molecule has 0 aliphatic heterocycles. The van der Waals surface area contributed by atoms with Crippen LogP contribution in [0.25, 0.3) is 6.08 Å². The Kier molecular flexibility index (Phi) is 5.43. The second kappa shape index (κ2) is 7.51. The lowest BCUT2D eigenvalue weighted by Gasteiger charge is -2.03. The minimum atomic E-state index is -3.96. The molecule has 0 bridgehead atoms. The van der Waals surface area contributed by atoms with Crippen LogP contribution in [0.3, 0.4) is 0 Å². The van der Waals surface area contributed by atoms with E-state index < -0.39 is 14.9 Å². The Labute approximate surface area is 139 Å². The fraction of sp³-hybridized carbons (Fsp3) is 0.0625. The van der Waals surface area contributed by atoms with Gasteiger partial charge in [0.25, 0.3) is 15.7 Å². The van der Waals surface area contributed by atoms with Gasteiger partial charge in [-0.05, 0) is 24.1 Å². The molecular formula is C16H15N3O4S. The van der Waals surface area contributed by atoms with Crippen LogP contribution in [-0.2, 0) is 10.0 Å². The number of nitrogens with zero attached hydrogens (tertiary/aromatic N) is 2. The lowest BCUT2D eigenvalue weighted by Crippen LogP contribution is -2.18. The van der Waals surface area contributed by atoms with Gasteiger partial charge < -0.3 is 0 Å². The van der Waals surface area contributed by atoms with E-state index in [0.29, 0.717) is 0 Å². The summed E-state index contributed by atoms with van der Waals surface area (Å²) < 4.78 is 24.2. The first-order valence-electron chi connectivity index (χ1n) is 6.91. The molecule has 0 aliphatic carbocycles. The summed E-state index contributed by atoms with van der Waals surface area (Å²) in [6.07, 6.45) is 3.20. The van der Waals surface area contributed by atoms with Crippen molar-refractivity contribution in [2.45, 2.75) is 11.8 Å². The molecule has 124 valence electrons. The van der Waals surface area contributed by atoms with Crippen LogP contribution in [0.15, 0.2) is 70.2 Å². The molecule has 0 saturated heterocycles. The molecule has 7 nitrogen and oxygen atoms in total. The maximum atomic E-state index is 12.1. The van der Waals surface area contributed by atoms with E-state index in [-0.39, 0.29) is 10.6 Å². The first-order valence-corrected chi connectivity index (χ1v) is 8.39. The zero-order valence-corrected chi connectivity index (χ0v) is 13.6. The van der Waals surface area contributed by atoms with Crippen molar-refractivity contribution in [1.82, 2.24) is 4.83 Å². The molecule has 0 radical (unpaired) electrons. The number of benzene rings is 2. The van der Waals surface area contributed by atoms with Crippen LogP contribution < -0.4 is 4.83 Å². The van der Waals surface area contributed by atoms with Crippen LogP contribution in [-0.4, -0.2) is 19.6 Å². The molecule has 0 atom stereocenters. The lowest BCUT2D eigenvalue weighted by molar-refractivity contribution is -0.385. The number of nitro groups is 1. The number of rotatable bonds is 6. The molecule has 2 aromatic carbocycles. The minimum Gasteiger partial charge on any atom is -0.258 e. The molecule has 2 rings (SSSR count). The second-order valence-electron chi connectivity index (χ2n) is 4.91. The van der Waals surface area contributed by atoms with Crippen molar-refractivity contribution in [3.8, 4) is 0 Å². The fourth-order valence-corrected chi connectivity index (χ4v) is 2.69. The topological polar surface area (TPSA) is 102 Å². The highest BCUT2D eigenvalue weighted by molar-refractivity contribution is 7.89. The van der Waals surface area contributed by atoms with Crippen LogP contribution in [0.5, 0.6) is 0 Å². The maximum absolute atomic E-state index is 12.1. The van der Waals surface area contributed by atoms with Crippen molar-refractivity contribution >= 4 is 28.0 Å². The highest BCUT2D eigenvalue weighted by Gasteiger charge is 2.16. The monoisotopic (exact) mass is 345 g/mol. The zero-order chi connectivity index (χ0) is 17.6. The summed E-state index contributed by atoms with van der Waals surface area (Å²) in [7, 11) is -3.96. The Morgan fingerprint density at radius 3 is 2.54 bits per heavy atom. The highest BCUT2D eigenvalue weighted by atomic mass is 32.2. The molecule has 0 heterocycles. The van der Waals surface area contributed by atoms with E-state index in [4.69, 9.17) is 0 Å². The predicted octanol–water partition coefficient (Wildman–Crippen LogP) is 2.96. The number of sulfonamides is 1. The smallest absolute Gasteiger partial charge is 0.258 e. The van der Waals surface area contributed by atoms with Gasteiger partial charge >= 0.3 is 0 Å². The molecule has 0 aromatic heterocycles. The summed E-state index contributed by atoms with van der Waals surface area (Å²) in [4.78, 5) is 11.9. The van der Waals surface area contributed by atoms with Crippen molar-refractivity contribution in [1.29, 1.82) is 0 Å². The third-order valence-corrected chi connectivity index (χ3v) is 4.19. The van der Waals surface area contributed by atoms with Crippen LogP contribution in [0.4, 0.5) is 5.69 Å². The Balaban J connectivity index is 2.11. The van der Waals surface area contributed by atoms with Crippen LogP contribution in [0.2, 0.25) is 0 Å². The van der Waals surface area contributed by atoms with Crippen molar-refractivity contribution in [3.05, 3.63) is 75.8 Å². The number of hydrazone groups is 1. The van der Waals surface area contributed by atoms with Gasteiger partial charge in [-0.1, -0.05) is 42.5 Å². The lowest BCUT2D eigenvalue weighted by atomic mass is 10.1. The largest absolute Gasteiger partial charge is 0.276 e. The van der Waals surface area contributed by atoms with Gasteiger partial charge in [-0.2, -0.15) is 13.5 Å². The van der Waals surface area contributed by atoms with Gasteiger partial charge in [0.05, 0.1) is 16.0 Å². The molecule has 8 heteroatoms. The van der Waals surface area contributed by atoms with Gasteiger partial charge in [-0.3, -0.25) is 10.1 Å². The number of allylic oxidation sites excluding steroid dienone is 1. The van der Waals surface area contributed by atoms with E-state index in [1.165, 1.54) is 24.4 Å². The van der Waals surface area contributed by atoms with Crippen LogP contribution >= 0.6 is 0 Å². The average molecular weight is 345 g/mol. The maximum Gasteiger partial charge on any atom is 0.276 e. The Hall–Kier alpha value is -3.00. The quantitative estimate of drug-likeness (QED) is 0.494. The first kappa shape index (κ1) is 17.4. The Bertz CT molecular complexity index is 891. The van der Waals surface area contributed by atoms with Crippen LogP contribution in [0, 0.1) is 10.1 Å². The summed E-state index contributed by atoms with van der Waals surface area (Å²) in [6, 6.07) is 14.2. The van der Waals surface area contributed by atoms with E-state index in [9.17, 15) is 18.5 Å². The van der Waals surface area contributed by atoms with Crippen molar-refractivity contribution in [3.63, 3.8) is 0 Å². The number of nitrogens with one attached hydrogen (secondary N) is 1. The predicted molar refractivity (Wildman–Crippen MR) is 92.0 cm³/mol. The molecule has 2 aromatic rings. The van der Waals surface area contributed by atoms with Crippen molar-refractivity contribution in [2.24, 2.45) is 5.10 Å². The number of hydrogen-bond donors (Lipinski definition) is 1. The van der Waals surface area contributed by atoms with E-state index in [2.05, 4.69) is 5.10 Å². The third-order valence-electron chi connectivity index (χ3n) is 2.97. The number of non-ortho nitro benzene ring substituents is 1. The van der Waals surface area contributed by atoms with Gasteiger partial charge in [-0.25, -0.2) is 4.83 Å². The SMILES string of the molecule is CC(=C/c1ccccc1)/C=N/NS(=O)(=O)c1cccc([N+](=O)[O-])c1. The first-order chi connectivity index (χ1) is 11.4. The Morgan fingerprint density at radius 1 is 1.17 bits per heavy atom. The average Bonchev–Trinajstić information content (AvgIpc) is 2.55. The molecule has 0 spiro atoms. The van der Waals surface area contributed by atoms with E-state index in [0.717, 1.165) is 17.2 Å². The summed E-state index contributed by atoms with van der Waals surface area (Å²) in [5, 5.41) is 14.4. The number of hydrogen-bond acceptors (Lipinski definition) is 5. The van der Waals surface area contributed by atoms with E-state index >= 15 is 0 Å². The van der Waals surface area contributed by atoms with Crippen molar-refractivity contribution < 1.29 is 13.3 Å². The summed E-state index contributed by atoms with van der Waals surface area (Å²) in [5.41, 5.74) is 1.40. The number of nitro benzene ring substituents is 1. The molecule has 24 heavy (non-hydrogen) atoms. The summed E-state index contributed by atoms with van der Waals surface area (Å²) >= 11 is 0. The zero-order valence-electron chi connectivity index (χ0n) is 12.8. The van der Waals surface area contributed by atoms with Crippen LogP contribution in [0.1, 0.15) is 12.5 Å². The van der Waals surface area contributed by atoms with E-state index in [1.54, 1.807) is 6.92 Å². The molecule has 0 aliphatic rings. The van der Waals surface area contributed by atoms with Gasteiger partial charge in [0, 0.05) is 12.1 Å². The fourth-order valence-electron chi connectivity index (χ4n) is 1.86.